The Kier molecular flexibility index (Phi) is 8.45. The molecule has 3 aromatic rings. The first kappa shape index (κ1) is 27.7. The van der Waals surface area contributed by atoms with E-state index in [4.69, 9.17) is 9.47 Å². The predicted molar refractivity (Wildman–Crippen MR) is 140 cm³/mol. The van der Waals surface area contributed by atoms with Gasteiger partial charge in [0, 0.05) is 27.4 Å². The molecule has 1 heterocycles. The topological polar surface area (TPSA) is 55.8 Å². The number of esters is 1. The molecule has 4 atom stereocenters. The zero-order valence-corrected chi connectivity index (χ0v) is 22.2. The molecule has 0 N–H and O–H groups in total. The first-order valence-corrected chi connectivity index (χ1v) is 13.5. The minimum Gasteiger partial charge on any atom is -0.497 e. The summed E-state index contributed by atoms with van der Waals surface area (Å²) in [6.07, 6.45) is -4.80. The maximum absolute atomic E-state index is 14.9. The predicted octanol–water partition coefficient (Wildman–Crippen LogP) is 6.42. The Morgan fingerprint density at radius 2 is 1.68 bits per heavy atom. The Hall–Kier alpha value is -3.33. The Morgan fingerprint density at radius 3 is 2.29 bits per heavy atom. The molecular weight excluding hydrogens is 515 g/mol. The van der Waals surface area contributed by atoms with Crippen molar-refractivity contribution in [2.45, 2.75) is 60.7 Å². The normalized spacial score (nSPS) is 20.3. The van der Waals surface area contributed by atoms with Crippen LogP contribution in [0.4, 0.5) is 18.9 Å². The second-order valence-electron chi connectivity index (χ2n) is 9.22. The number of halogens is 3. The highest BCUT2D eigenvalue weighted by molar-refractivity contribution is 7.85. The minimum atomic E-state index is -4.63. The molecule has 1 unspecified atom stereocenters. The third kappa shape index (κ3) is 5.88. The minimum absolute atomic E-state index is 0.0388. The number of carbonyl (C=O) groups excluding carboxylic acids is 1. The average Bonchev–Trinajstić information content (AvgIpc) is 3.28. The molecule has 38 heavy (non-hydrogen) atoms. The van der Waals surface area contributed by atoms with E-state index in [-0.39, 0.29) is 19.4 Å². The third-order valence-electron chi connectivity index (χ3n) is 6.77. The fourth-order valence-electron chi connectivity index (χ4n) is 5.10. The van der Waals surface area contributed by atoms with E-state index in [2.05, 4.69) is 0 Å². The van der Waals surface area contributed by atoms with E-state index in [9.17, 15) is 22.2 Å². The number of hydrogen-bond donors (Lipinski definition) is 0. The monoisotopic (exact) mass is 545 g/mol. The summed E-state index contributed by atoms with van der Waals surface area (Å²) in [5, 5.41) is 0. The summed E-state index contributed by atoms with van der Waals surface area (Å²) < 4.78 is 68.5. The van der Waals surface area contributed by atoms with Crippen LogP contribution < -0.4 is 9.64 Å². The number of aryl methyl sites for hydroxylation is 1. The summed E-state index contributed by atoms with van der Waals surface area (Å²) in [6, 6.07) is 17.3. The lowest BCUT2D eigenvalue weighted by Gasteiger charge is -2.35. The van der Waals surface area contributed by atoms with E-state index >= 15 is 0 Å². The maximum Gasteiger partial charge on any atom is 0.409 e. The first-order valence-electron chi connectivity index (χ1n) is 12.4. The number of alkyl halides is 3. The van der Waals surface area contributed by atoms with E-state index < -0.39 is 40.9 Å². The molecule has 9 heteroatoms. The van der Waals surface area contributed by atoms with E-state index in [1.165, 1.54) is 12.0 Å². The Labute approximate surface area is 223 Å². The van der Waals surface area contributed by atoms with E-state index in [1.807, 2.05) is 19.1 Å². The van der Waals surface area contributed by atoms with Gasteiger partial charge in [0.1, 0.15) is 11.8 Å². The lowest BCUT2D eigenvalue weighted by Crippen LogP contribution is -2.47. The second-order valence-corrected chi connectivity index (χ2v) is 10.7. The van der Waals surface area contributed by atoms with Gasteiger partial charge in [0.05, 0.1) is 30.9 Å². The van der Waals surface area contributed by atoms with Crippen molar-refractivity contribution >= 4 is 22.5 Å². The van der Waals surface area contributed by atoms with Crippen molar-refractivity contribution in [2.24, 2.45) is 0 Å². The van der Waals surface area contributed by atoms with E-state index in [0.29, 0.717) is 26.8 Å². The molecule has 0 spiro atoms. The molecule has 0 saturated carbocycles. The van der Waals surface area contributed by atoms with Gasteiger partial charge in [-0.15, -0.1) is 0 Å². The number of ether oxygens (including phenoxy) is 2. The van der Waals surface area contributed by atoms with Gasteiger partial charge < -0.3 is 14.4 Å². The highest BCUT2D eigenvalue weighted by Gasteiger charge is 2.56. The van der Waals surface area contributed by atoms with Crippen molar-refractivity contribution in [3.05, 3.63) is 83.9 Å². The van der Waals surface area contributed by atoms with Crippen LogP contribution in [0.2, 0.25) is 0 Å². The molecular formula is C29H30F3NO4S. The van der Waals surface area contributed by atoms with Crippen molar-refractivity contribution in [1.29, 1.82) is 0 Å². The standard InChI is InChI=1S/C29H30F3NO4S/c1-4-37-27(34)18-21-17-25(28(29(30,31)32)33(21)20-11-13-22(36-3)14-12-20)24-7-5-6-8-26(24)38(35)23-15-9-19(2)10-16-23/h5-16,21,25,28H,4,17-18H2,1-3H3/t21-,25+,28+,38?/m1/s1. The fourth-order valence-corrected chi connectivity index (χ4v) is 6.38. The highest BCUT2D eigenvalue weighted by Crippen LogP contribution is 2.49. The van der Waals surface area contributed by atoms with E-state index in [0.717, 1.165) is 5.56 Å². The van der Waals surface area contributed by atoms with Crippen LogP contribution in [0.5, 0.6) is 5.75 Å². The zero-order valence-electron chi connectivity index (χ0n) is 21.4. The number of anilines is 1. The van der Waals surface area contributed by atoms with E-state index in [1.54, 1.807) is 67.6 Å². The molecule has 3 aromatic carbocycles. The number of nitrogens with zero attached hydrogens (tertiary/aromatic N) is 1. The Bertz CT molecular complexity index is 1280. The van der Waals surface area contributed by atoms with Crippen molar-refractivity contribution < 1.29 is 31.6 Å². The molecule has 0 bridgehead atoms. The van der Waals surface area contributed by atoms with Gasteiger partial charge in [-0.3, -0.25) is 4.79 Å². The molecule has 0 aromatic heterocycles. The van der Waals surface area contributed by atoms with Crippen LogP contribution in [0.15, 0.2) is 82.6 Å². The van der Waals surface area contributed by atoms with Gasteiger partial charge >= 0.3 is 12.1 Å². The van der Waals surface area contributed by atoms with Crippen molar-refractivity contribution in [1.82, 2.24) is 0 Å². The summed E-state index contributed by atoms with van der Waals surface area (Å²) in [7, 11) is -0.203. The van der Waals surface area contributed by atoms with Crippen LogP contribution in [0.25, 0.3) is 0 Å². The molecule has 4 rings (SSSR count). The highest BCUT2D eigenvalue weighted by atomic mass is 32.2. The third-order valence-corrected chi connectivity index (χ3v) is 8.24. The molecule has 202 valence electrons. The van der Waals surface area contributed by atoms with Crippen LogP contribution in [0.1, 0.15) is 36.8 Å². The fraction of sp³-hybridized carbons (Fsp3) is 0.345. The van der Waals surface area contributed by atoms with Crippen LogP contribution in [-0.4, -0.2) is 42.2 Å². The SMILES string of the molecule is CCOC(=O)C[C@H]1C[C@@H](c2ccccc2S(=O)c2ccc(C)cc2)[C@@H](C(F)(F)F)N1c1ccc(OC)cc1. The molecule has 5 nitrogen and oxygen atoms in total. The summed E-state index contributed by atoms with van der Waals surface area (Å²) in [5.74, 6) is -1.11. The van der Waals surface area contributed by atoms with Gasteiger partial charge in [0.2, 0.25) is 0 Å². The molecule has 1 fully saturated rings. The van der Waals surface area contributed by atoms with Crippen molar-refractivity contribution in [2.75, 3.05) is 18.6 Å². The molecule has 1 aliphatic rings. The zero-order chi connectivity index (χ0) is 27.4. The Morgan fingerprint density at radius 1 is 1.03 bits per heavy atom. The number of hydrogen-bond acceptors (Lipinski definition) is 5. The number of methoxy groups -OCH3 is 1. The molecule has 0 amide bonds. The number of carbonyl (C=O) groups is 1. The molecule has 0 radical (unpaired) electrons. The quantitative estimate of drug-likeness (QED) is 0.306. The largest absolute Gasteiger partial charge is 0.497 e. The van der Waals surface area contributed by atoms with Crippen LogP contribution in [0, 0.1) is 6.92 Å². The van der Waals surface area contributed by atoms with Gasteiger partial charge in [-0.25, -0.2) is 4.21 Å². The maximum atomic E-state index is 14.9. The van der Waals surface area contributed by atoms with Crippen LogP contribution >= 0.6 is 0 Å². The van der Waals surface area contributed by atoms with Gasteiger partial charge in [-0.2, -0.15) is 13.2 Å². The van der Waals surface area contributed by atoms with Crippen LogP contribution in [-0.2, 0) is 20.3 Å². The Balaban J connectivity index is 1.81. The van der Waals surface area contributed by atoms with Crippen LogP contribution in [0.3, 0.4) is 0 Å². The lowest BCUT2D eigenvalue weighted by atomic mass is 9.89. The summed E-state index contributed by atoms with van der Waals surface area (Å²) >= 11 is 0. The summed E-state index contributed by atoms with van der Waals surface area (Å²) in [6.45, 7) is 3.70. The summed E-state index contributed by atoms with van der Waals surface area (Å²) in [4.78, 5) is 14.6. The average molecular weight is 546 g/mol. The molecule has 1 aliphatic heterocycles. The van der Waals surface area contributed by atoms with Gasteiger partial charge in [0.25, 0.3) is 0 Å². The summed E-state index contributed by atoms with van der Waals surface area (Å²) in [5.41, 5.74) is 1.67. The lowest BCUT2D eigenvalue weighted by molar-refractivity contribution is -0.151. The van der Waals surface area contributed by atoms with Crippen molar-refractivity contribution in [3.63, 3.8) is 0 Å². The van der Waals surface area contributed by atoms with Gasteiger partial charge in [-0.1, -0.05) is 35.9 Å². The van der Waals surface area contributed by atoms with Gasteiger partial charge in [0.15, 0.2) is 0 Å². The smallest absolute Gasteiger partial charge is 0.409 e. The van der Waals surface area contributed by atoms with Gasteiger partial charge in [-0.05, 0) is 68.3 Å². The number of rotatable bonds is 8. The number of benzene rings is 3. The first-order chi connectivity index (χ1) is 18.1. The second kappa shape index (κ2) is 11.6. The van der Waals surface area contributed by atoms with Crippen molar-refractivity contribution in [3.8, 4) is 5.75 Å². The molecule has 1 saturated heterocycles. The molecule has 0 aliphatic carbocycles.